The summed E-state index contributed by atoms with van der Waals surface area (Å²) in [5, 5.41) is 14.3. The number of nitro benzene ring substituents is 1. The van der Waals surface area contributed by atoms with Gasteiger partial charge in [-0.3, -0.25) is 16.0 Å². The third-order valence-electron chi connectivity index (χ3n) is 3.33. The molecule has 0 saturated carbocycles. The van der Waals surface area contributed by atoms with Crippen molar-refractivity contribution in [1.29, 1.82) is 0 Å². The molecule has 0 radical (unpaired) electrons. The fraction of sp³-hybridized carbons (Fsp3) is 0.500. The van der Waals surface area contributed by atoms with Crippen molar-refractivity contribution in [1.82, 2.24) is 0 Å². The van der Waals surface area contributed by atoms with E-state index in [9.17, 15) is 10.1 Å². The molecule has 0 bridgehead atoms. The molecule has 1 heterocycles. The number of nitrogens with zero attached hydrogens (tertiary/aromatic N) is 1. The van der Waals surface area contributed by atoms with E-state index in [1.807, 2.05) is 11.8 Å². The molecule has 1 unspecified atom stereocenters. The number of hydrogen-bond donors (Lipinski definition) is 3. The average molecular weight is 282 g/mol. The van der Waals surface area contributed by atoms with Crippen molar-refractivity contribution in [2.75, 3.05) is 23.0 Å². The Bertz CT molecular complexity index is 475. The molecule has 6 nitrogen and oxygen atoms in total. The highest BCUT2D eigenvalue weighted by molar-refractivity contribution is 8.00. The summed E-state index contributed by atoms with van der Waals surface area (Å²) in [5.74, 6) is 6.47. The minimum atomic E-state index is -0.415. The number of rotatable bonds is 5. The Kier molecular flexibility index (Phi) is 4.16. The molecule has 1 aliphatic rings. The summed E-state index contributed by atoms with van der Waals surface area (Å²) in [7, 11) is 0. The molecule has 1 fully saturated rings. The Balaban J connectivity index is 2.17. The zero-order valence-electron chi connectivity index (χ0n) is 10.8. The maximum absolute atomic E-state index is 11.1. The Morgan fingerprint density at radius 1 is 1.53 bits per heavy atom. The monoisotopic (exact) mass is 282 g/mol. The van der Waals surface area contributed by atoms with E-state index >= 15 is 0 Å². The van der Waals surface area contributed by atoms with Crippen molar-refractivity contribution in [2.45, 2.75) is 24.5 Å². The van der Waals surface area contributed by atoms with Gasteiger partial charge in [-0.25, -0.2) is 0 Å². The lowest BCUT2D eigenvalue weighted by atomic mass is 10.1. The molecule has 19 heavy (non-hydrogen) atoms. The Morgan fingerprint density at radius 2 is 2.26 bits per heavy atom. The van der Waals surface area contributed by atoms with Gasteiger partial charge in [0.05, 0.1) is 4.92 Å². The number of nitro groups is 1. The number of anilines is 2. The summed E-state index contributed by atoms with van der Waals surface area (Å²) in [4.78, 5) is 10.7. The number of nitrogen functional groups attached to an aromatic ring is 1. The first-order valence-corrected chi connectivity index (χ1v) is 7.16. The van der Waals surface area contributed by atoms with E-state index in [1.54, 1.807) is 18.2 Å². The topological polar surface area (TPSA) is 93.2 Å². The van der Waals surface area contributed by atoms with Crippen LogP contribution in [0.3, 0.4) is 0 Å². The maximum Gasteiger partial charge on any atom is 0.316 e. The Hall–Kier alpha value is -1.47. The van der Waals surface area contributed by atoms with Gasteiger partial charge < -0.3 is 10.7 Å². The predicted molar refractivity (Wildman–Crippen MR) is 79.5 cm³/mol. The van der Waals surface area contributed by atoms with E-state index in [-0.39, 0.29) is 10.4 Å². The molecule has 0 amide bonds. The highest BCUT2D eigenvalue weighted by atomic mass is 32.2. The van der Waals surface area contributed by atoms with Crippen LogP contribution in [-0.4, -0.2) is 22.0 Å². The van der Waals surface area contributed by atoms with Crippen LogP contribution in [0.15, 0.2) is 18.2 Å². The van der Waals surface area contributed by atoms with Gasteiger partial charge in [0, 0.05) is 11.3 Å². The maximum atomic E-state index is 11.1. The quantitative estimate of drug-likeness (QED) is 0.436. The summed E-state index contributed by atoms with van der Waals surface area (Å²) in [5.41, 5.74) is 3.19. The van der Waals surface area contributed by atoms with Gasteiger partial charge in [-0.1, -0.05) is 6.07 Å². The zero-order chi connectivity index (χ0) is 13.9. The molecule has 1 atom stereocenters. The van der Waals surface area contributed by atoms with Gasteiger partial charge in [0.25, 0.3) is 0 Å². The molecule has 7 heteroatoms. The fourth-order valence-electron chi connectivity index (χ4n) is 2.26. The number of nitrogens with one attached hydrogen (secondary N) is 2. The van der Waals surface area contributed by atoms with Crippen LogP contribution >= 0.6 is 11.8 Å². The lowest BCUT2D eigenvalue weighted by Crippen LogP contribution is -2.27. The van der Waals surface area contributed by atoms with Crippen LogP contribution in [0.2, 0.25) is 0 Å². The molecule has 1 aromatic rings. The standard InChI is InChI=1S/C12H18N4O2S/c1-12(6-3-7-19-12)8-14-9-4-2-5-10(15-13)11(9)16(17)18/h2,4-5,14-15H,3,6-8,13H2,1H3. The molecule has 1 aromatic carbocycles. The van der Waals surface area contributed by atoms with Crippen LogP contribution in [0, 0.1) is 10.1 Å². The summed E-state index contributed by atoms with van der Waals surface area (Å²) in [6, 6.07) is 5.05. The van der Waals surface area contributed by atoms with Gasteiger partial charge >= 0.3 is 5.69 Å². The highest BCUT2D eigenvalue weighted by Gasteiger charge is 2.30. The van der Waals surface area contributed by atoms with Gasteiger partial charge in [-0.2, -0.15) is 11.8 Å². The lowest BCUT2D eigenvalue weighted by molar-refractivity contribution is -0.383. The summed E-state index contributed by atoms with van der Waals surface area (Å²) >= 11 is 1.92. The van der Waals surface area contributed by atoms with Crippen molar-refractivity contribution in [3.8, 4) is 0 Å². The molecule has 0 aliphatic carbocycles. The second-order valence-electron chi connectivity index (χ2n) is 4.86. The summed E-state index contributed by atoms with van der Waals surface area (Å²) < 4.78 is 0.153. The van der Waals surface area contributed by atoms with Crippen LogP contribution in [-0.2, 0) is 0 Å². The first kappa shape index (κ1) is 14.0. The van der Waals surface area contributed by atoms with E-state index in [0.717, 1.165) is 12.2 Å². The zero-order valence-corrected chi connectivity index (χ0v) is 11.6. The van der Waals surface area contributed by atoms with E-state index < -0.39 is 4.92 Å². The Labute approximate surface area is 116 Å². The van der Waals surface area contributed by atoms with E-state index in [4.69, 9.17) is 5.84 Å². The molecule has 104 valence electrons. The minimum absolute atomic E-state index is 0.00315. The van der Waals surface area contributed by atoms with Crippen molar-refractivity contribution in [3.63, 3.8) is 0 Å². The number of benzene rings is 1. The average Bonchev–Trinajstić information content (AvgIpc) is 2.83. The molecule has 2 rings (SSSR count). The number of para-hydroxylation sites is 1. The molecule has 0 aromatic heterocycles. The molecular weight excluding hydrogens is 264 g/mol. The van der Waals surface area contributed by atoms with Crippen molar-refractivity contribution >= 4 is 28.8 Å². The predicted octanol–water partition coefficient (Wildman–Crippen LogP) is 2.58. The summed E-state index contributed by atoms with van der Waals surface area (Å²) in [6.45, 7) is 2.90. The van der Waals surface area contributed by atoms with Crippen molar-refractivity contribution in [2.24, 2.45) is 5.84 Å². The lowest BCUT2D eigenvalue weighted by Gasteiger charge is -2.23. The summed E-state index contributed by atoms with van der Waals surface area (Å²) in [6.07, 6.45) is 2.34. The van der Waals surface area contributed by atoms with E-state index in [2.05, 4.69) is 17.7 Å². The van der Waals surface area contributed by atoms with Crippen LogP contribution in [0.25, 0.3) is 0 Å². The number of hydrazine groups is 1. The van der Waals surface area contributed by atoms with E-state index in [1.165, 1.54) is 6.42 Å². The minimum Gasteiger partial charge on any atom is -0.378 e. The van der Waals surface area contributed by atoms with Gasteiger partial charge in [-0.05, 0) is 37.7 Å². The highest BCUT2D eigenvalue weighted by Crippen LogP contribution is 2.39. The van der Waals surface area contributed by atoms with Gasteiger partial charge in [0.15, 0.2) is 0 Å². The van der Waals surface area contributed by atoms with Crippen molar-refractivity contribution in [3.05, 3.63) is 28.3 Å². The molecule has 1 saturated heterocycles. The first-order valence-electron chi connectivity index (χ1n) is 6.17. The van der Waals surface area contributed by atoms with Crippen LogP contribution < -0.4 is 16.6 Å². The number of hydrogen-bond acceptors (Lipinski definition) is 6. The van der Waals surface area contributed by atoms with Gasteiger partial charge in [-0.15, -0.1) is 0 Å². The Morgan fingerprint density at radius 3 is 2.84 bits per heavy atom. The van der Waals surface area contributed by atoms with Crippen LogP contribution in [0.1, 0.15) is 19.8 Å². The third-order valence-corrected chi connectivity index (χ3v) is 4.87. The normalized spacial score (nSPS) is 22.2. The first-order chi connectivity index (χ1) is 9.06. The molecule has 0 spiro atoms. The van der Waals surface area contributed by atoms with Gasteiger partial charge in [0.2, 0.25) is 0 Å². The molecular formula is C12H18N4O2S. The second kappa shape index (κ2) is 5.66. The molecule has 1 aliphatic heterocycles. The smallest absolute Gasteiger partial charge is 0.316 e. The van der Waals surface area contributed by atoms with Crippen LogP contribution in [0.4, 0.5) is 17.1 Å². The SMILES string of the molecule is CC1(CNc2cccc(NN)c2[N+](=O)[O-])CCCS1. The van der Waals surface area contributed by atoms with Gasteiger partial charge in [0.1, 0.15) is 11.4 Å². The van der Waals surface area contributed by atoms with Crippen molar-refractivity contribution < 1.29 is 4.92 Å². The van der Waals surface area contributed by atoms with Crippen LogP contribution in [0.5, 0.6) is 0 Å². The number of nitrogens with two attached hydrogens (primary N) is 1. The molecule has 4 N–H and O–H groups in total. The largest absolute Gasteiger partial charge is 0.378 e. The second-order valence-corrected chi connectivity index (χ2v) is 6.54. The third kappa shape index (κ3) is 3.10. The fourth-order valence-corrected chi connectivity index (χ4v) is 3.50. The van der Waals surface area contributed by atoms with E-state index in [0.29, 0.717) is 17.9 Å². The number of thioether (sulfide) groups is 1.